The molecule has 6 nitrogen and oxygen atoms in total. The Balaban J connectivity index is 1.67. The van der Waals surface area contributed by atoms with Crippen molar-refractivity contribution in [1.82, 2.24) is 4.90 Å². The number of hydrogen-bond donors (Lipinski definition) is 1. The summed E-state index contributed by atoms with van der Waals surface area (Å²) in [6.07, 6.45) is -2.84. The van der Waals surface area contributed by atoms with E-state index in [1.165, 1.54) is 18.2 Å². The highest BCUT2D eigenvalue weighted by molar-refractivity contribution is 7.90. The lowest BCUT2D eigenvalue weighted by Crippen LogP contribution is -2.27. The van der Waals surface area contributed by atoms with E-state index in [0.717, 1.165) is 38.1 Å². The molecular formula is C22H25F3N2O4S. The van der Waals surface area contributed by atoms with E-state index in [2.05, 4.69) is 9.30 Å². The van der Waals surface area contributed by atoms with E-state index in [-0.39, 0.29) is 22.8 Å². The van der Waals surface area contributed by atoms with Crippen LogP contribution in [0.1, 0.15) is 36.5 Å². The average molecular weight is 471 g/mol. The topological polar surface area (TPSA) is 79.2 Å². The molecule has 0 aromatic heterocycles. The van der Waals surface area contributed by atoms with E-state index < -0.39 is 21.8 Å². The Morgan fingerprint density at radius 2 is 1.78 bits per heavy atom. The van der Waals surface area contributed by atoms with Gasteiger partial charge in [-0.3, -0.25) is 0 Å². The van der Waals surface area contributed by atoms with Crippen molar-refractivity contribution in [3.05, 3.63) is 59.2 Å². The van der Waals surface area contributed by atoms with Crippen molar-refractivity contribution in [3.63, 3.8) is 0 Å². The summed E-state index contributed by atoms with van der Waals surface area (Å²) in [7, 11) is -3.96. The highest BCUT2D eigenvalue weighted by atomic mass is 32.2. The first-order valence-electron chi connectivity index (χ1n) is 10.3. The number of alkyl halides is 3. The van der Waals surface area contributed by atoms with Gasteiger partial charge in [0.15, 0.2) is 0 Å². The third-order valence-electron chi connectivity index (χ3n) is 5.18. The molecule has 1 aliphatic rings. The molecule has 3 rings (SSSR count). The molecule has 1 heterocycles. The third kappa shape index (κ3) is 5.67. The van der Waals surface area contributed by atoms with Crippen LogP contribution in [0.2, 0.25) is 0 Å². The van der Waals surface area contributed by atoms with E-state index in [1.807, 2.05) is 6.92 Å². The zero-order valence-corrected chi connectivity index (χ0v) is 18.4. The summed E-state index contributed by atoms with van der Waals surface area (Å²) in [5.74, 6) is 0.388. The molecule has 0 spiro atoms. The van der Waals surface area contributed by atoms with Crippen LogP contribution in [0.3, 0.4) is 0 Å². The standard InChI is InChI=1S/C22H25F3N2O4S/c1-2-27(12-13-28)11-3-4-14-31-18-9-10-19-20(15-18)32(29,30)26-21(19)16-5-7-17(8-6-16)22(23,24)25/h5-10,15,28H,2-4,11-14H2,1H3. The van der Waals surface area contributed by atoms with Crippen molar-refractivity contribution in [2.24, 2.45) is 4.40 Å². The number of rotatable bonds is 10. The number of likely N-dealkylation sites (N-methyl/N-ethyl adjacent to an activating group) is 1. The molecule has 0 unspecified atom stereocenters. The molecule has 0 saturated heterocycles. The summed E-state index contributed by atoms with van der Waals surface area (Å²) in [5.41, 5.74) is -0.0778. The number of unbranched alkanes of at least 4 members (excludes halogenated alkanes) is 1. The number of fused-ring (bicyclic) bond motifs is 1. The minimum Gasteiger partial charge on any atom is -0.494 e. The Labute approximate surface area is 185 Å². The van der Waals surface area contributed by atoms with Gasteiger partial charge in [-0.1, -0.05) is 19.1 Å². The fourth-order valence-corrected chi connectivity index (χ4v) is 4.69. The van der Waals surface area contributed by atoms with E-state index in [0.29, 0.717) is 24.5 Å². The first-order valence-corrected chi connectivity index (χ1v) is 11.7. The number of nitrogens with zero attached hydrogens (tertiary/aromatic N) is 2. The van der Waals surface area contributed by atoms with Gasteiger partial charge in [-0.25, -0.2) is 0 Å². The molecule has 1 N–H and O–H groups in total. The van der Waals surface area contributed by atoms with Crippen LogP contribution in [0.25, 0.3) is 0 Å². The number of hydrogen-bond acceptors (Lipinski definition) is 5. The van der Waals surface area contributed by atoms with Crippen LogP contribution in [-0.4, -0.2) is 57.0 Å². The Kier molecular flexibility index (Phi) is 7.58. The van der Waals surface area contributed by atoms with Crippen molar-refractivity contribution in [1.29, 1.82) is 0 Å². The first kappa shape index (κ1) is 24.2. The summed E-state index contributed by atoms with van der Waals surface area (Å²) >= 11 is 0. The maximum absolute atomic E-state index is 12.8. The lowest BCUT2D eigenvalue weighted by atomic mass is 10.0. The smallest absolute Gasteiger partial charge is 0.416 e. The molecule has 1 aliphatic heterocycles. The van der Waals surface area contributed by atoms with E-state index >= 15 is 0 Å². The predicted octanol–water partition coefficient (Wildman–Crippen LogP) is 3.72. The van der Waals surface area contributed by atoms with E-state index in [1.54, 1.807) is 12.1 Å². The molecule has 0 aliphatic carbocycles. The zero-order chi connectivity index (χ0) is 23.4. The fourth-order valence-electron chi connectivity index (χ4n) is 3.44. The van der Waals surface area contributed by atoms with Crippen LogP contribution in [0.4, 0.5) is 13.2 Å². The number of benzene rings is 2. The molecule has 0 bridgehead atoms. The lowest BCUT2D eigenvalue weighted by Gasteiger charge is -2.18. The summed E-state index contributed by atoms with van der Waals surface area (Å²) in [6.45, 7) is 4.86. The molecule has 2 aromatic carbocycles. The molecule has 0 amide bonds. The molecule has 174 valence electrons. The SMILES string of the molecule is CCN(CCO)CCCCOc1ccc2c(c1)S(=O)(=O)N=C2c1ccc(C(F)(F)F)cc1. The molecule has 0 radical (unpaired) electrons. The molecule has 2 aromatic rings. The minimum atomic E-state index is -4.47. The number of sulfonamides is 1. The van der Waals surface area contributed by atoms with Crippen molar-refractivity contribution in [2.75, 3.05) is 32.8 Å². The van der Waals surface area contributed by atoms with Gasteiger partial charge in [-0.2, -0.15) is 26.0 Å². The van der Waals surface area contributed by atoms with Crippen molar-refractivity contribution in [2.45, 2.75) is 30.8 Å². The Bertz CT molecular complexity index is 1070. The maximum Gasteiger partial charge on any atom is 0.416 e. The largest absolute Gasteiger partial charge is 0.494 e. The quantitative estimate of drug-likeness (QED) is 0.536. The van der Waals surface area contributed by atoms with Gasteiger partial charge in [-0.05, 0) is 50.2 Å². The summed E-state index contributed by atoms with van der Waals surface area (Å²) < 4.78 is 72.9. The van der Waals surface area contributed by atoms with Gasteiger partial charge in [0, 0.05) is 23.7 Å². The lowest BCUT2D eigenvalue weighted by molar-refractivity contribution is -0.137. The highest BCUT2D eigenvalue weighted by Crippen LogP contribution is 2.34. The van der Waals surface area contributed by atoms with Crippen molar-refractivity contribution in [3.8, 4) is 5.75 Å². The van der Waals surface area contributed by atoms with Gasteiger partial charge in [0.25, 0.3) is 10.0 Å². The van der Waals surface area contributed by atoms with Gasteiger partial charge < -0.3 is 14.7 Å². The van der Waals surface area contributed by atoms with Crippen molar-refractivity contribution < 1.29 is 31.4 Å². The number of ether oxygens (including phenoxy) is 1. The van der Waals surface area contributed by atoms with Crippen LogP contribution in [0, 0.1) is 0 Å². The normalized spacial score (nSPS) is 15.0. The fraction of sp³-hybridized carbons (Fsp3) is 0.409. The Hall–Kier alpha value is -2.43. The van der Waals surface area contributed by atoms with Gasteiger partial charge in [0.05, 0.1) is 24.5 Å². The molecule has 0 fully saturated rings. The van der Waals surface area contributed by atoms with Crippen LogP contribution >= 0.6 is 0 Å². The van der Waals surface area contributed by atoms with Crippen molar-refractivity contribution >= 4 is 15.7 Å². The Morgan fingerprint density at radius 3 is 2.41 bits per heavy atom. The summed E-state index contributed by atoms with van der Waals surface area (Å²) in [6, 6.07) is 8.82. The second-order valence-corrected chi connectivity index (χ2v) is 8.93. The molecule has 10 heteroatoms. The second-order valence-electron chi connectivity index (χ2n) is 7.36. The van der Waals surface area contributed by atoms with Crippen LogP contribution in [-0.2, 0) is 16.2 Å². The van der Waals surface area contributed by atoms with E-state index in [9.17, 15) is 21.6 Å². The summed E-state index contributed by atoms with van der Waals surface area (Å²) in [5, 5.41) is 9.00. The zero-order valence-electron chi connectivity index (χ0n) is 17.6. The molecule has 0 saturated carbocycles. The van der Waals surface area contributed by atoms with E-state index in [4.69, 9.17) is 9.84 Å². The monoisotopic (exact) mass is 470 g/mol. The van der Waals surface area contributed by atoms with Gasteiger partial charge in [0.2, 0.25) is 0 Å². The van der Waals surface area contributed by atoms with Gasteiger partial charge in [0.1, 0.15) is 10.6 Å². The molecular weight excluding hydrogens is 445 g/mol. The van der Waals surface area contributed by atoms with Crippen LogP contribution in [0.5, 0.6) is 5.75 Å². The first-order chi connectivity index (χ1) is 15.2. The second kappa shape index (κ2) is 10.0. The number of aliphatic hydroxyl groups is 1. The van der Waals surface area contributed by atoms with Gasteiger partial charge >= 0.3 is 6.18 Å². The average Bonchev–Trinajstić information content (AvgIpc) is 3.02. The molecule has 0 atom stereocenters. The predicted molar refractivity (Wildman–Crippen MR) is 115 cm³/mol. The van der Waals surface area contributed by atoms with Crippen LogP contribution < -0.4 is 4.74 Å². The van der Waals surface area contributed by atoms with Gasteiger partial charge in [-0.15, -0.1) is 0 Å². The third-order valence-corrected chi connectivity index (χ3v) is 6.50. The Morgan fingerprint density at radius 1 is 1.06 bits per heavy atom. The maximum atomic E-state index is 12.8. The number of aliphatic hydroxyl groups excluding tert-OH is 1. The molecule has 32 heavy (non-hydrogen) atoms. The van der Waals surface area contributed by atoms with Crippen LogP contribution in [0.15, 0.2) is 51.8 Å². The highest BCUT2D eigenvalue weighted by Gasteiger charge is 2.32. The summed E-state index contributed by atoms with van der Waals surface area (Å²) in [4.78, 5) is 2.10. The minimum absolute atomic E-state index is 0.0231. The number of halogens is 3.